The standard InChI is InChI=1S/C25H28N.C13H24O2.Ir/c1-17-13-18(2)15-23(14-17)25-24-10-9-21(16-22(24)11-12-26-25)19(3)20-7-5-4-6-8-20;1-7-12(3,4)10(14)9-11(15)13(5,6)8-2;/h9-14,16,19-20H,4-8H2,1-3H3;9,14H,7-8H2,1-6H3;/q-1;;/b;10-9-;. The average Bonchev–Trinajstić information content (AvgIpc) is 2.96. The van der Waals surface area contributed by atoms with Gasteiger partial charge in [-0.1, -0.05) is 99.8 Å². The van der Waals surface area contributed by atoms with E-state index in [-0.39, 0.29) is 42.5 Å². The molecular weight excluding hydrogens is 695 g/mol. The molecule has 4 rings (SSSR count). The van der Waals surface area contributed by atoms with E-state index in [9.17, 15) is 9.90 Å². The first-order chi connectivity index (χ1) is 19.3. The van der Waals surface area contributed by atoms with Crippen molar-refractivity contribution in [3.63, 3.8) is 0 Å². The van der Waals surface area contributed by atoms with Crippen LogP contribution in [0, 0.1) is 36.7 Å². The number of carbonyl (C=O) groups is 1. The number of aryl methyl sites for hydroxylation is 2. The van der Waals surface area contributed by atoms with Crippen molar-refractivity contribution >= 4 is 16.6 Å². The Balaban J connectivity index is 0.000000334. The molecule has 1 saturated carbocycles. The van der Waals surface area contributed by atoms with Crippen LogP contribution in [0.4, 0.5) is 0 Å². The first kappa shape index (κ1) is 35.9. The molecule has 0 amide bonds. The van der Waals surface area contributed by atoms with Gasteiger partial charge in [0, 0.05) is 43.2 Å². The summed E-state index contributed by atoms with van der Waals surface area (Å²) in [7, 11) is 0. The van der Waals surface area contributed by atoms with Gasteiger partial charge in [-0.3, -0.25) is 4.79 Å². The van der Waals surface area contributed by atoms with E-state index in [4.69, 9.17) is 4.98 Å². The van der Waals surface area contributed by atoms with Gasteiger partial charge in [-0.25, -0.2) is 0 Å². The number of pyridine rings is 1. The maximum atomic E-state index is 11.8. The van der Waals surface area contributed by atoms with Crippen molar-refractivity contribution in [2.45, 2.75) is 113 Å². The third-order valence-corrected chi connectivity index (χ3v) is 9.47. The first-order valence-electron chi connectivity index (χ1n) is 15.6. The Bertz CT molecular complexity index is 1340. The topological polar surface area (TPSA) is 50.2 Å². The minimum atomic E-state index is -0.377. The summed E-state index contributed by atoms with van der Waals surface area (Å²) in [6.07, 6.45) is 11.9. The predicted octanol–water partition coefficient (Wildman–Crippen LogP) is 10.9. The number of ketones is 1. The first-order valence-corrected chi connectivity index (χ1v) is 15.6. The van der Waals surface area contributed by atoms with Gasteiger partial charge in [-0.2, -0.15) is 0 Å². The van der Waals surface area contributed by atoms with Crippen LogP contribution in [0.5, 0.6) is 0 Å². The molecule has 1 aliphatic rings. The Hall–Kier alpha value is -2.29. The van der Waals surface area contributed by atoms with E-state index in [0.717, 1.165) is 30.0 Å². The van der Waals surface area contributed by atoms with Crippen LogP contribution in [-0.4, -0.2) is 15.9 Å². The molecule has 3 aromatic rings. The van der Waals surface area contributed by atoms with Crippen LogP contribution in [0.3, 0.4) is 0 Å². The van der Waals surface area contributed by atoms with E-state index >= 15 is 0 Å². The fourth-order valence-electron chi connectivity index (χ4n) is 5.49. The minimum absolute atomic E-state index is 0. The largest absolute Gasteiger partial charge is 0.512 e. The van der Waals surface area contributed by atoms with Crippen molar-refractivity contribution in [1.29, 1.82) is 0 Å². The van der Waals surface area contributed by atoms with Crippen LogP contribution in [-0.2, 0) is 24.9 Å². The number of benzene rings is 2. The third kappa shape index (κ3) is 9.10. The fraction of sp³-hybridized carbons (Fsp3) is 0.526. The number of fused-ring (bicyclic) bond motifs is 1. The second-order valence-electron chi connectivity index (χ2n) is 13.4. The number of aromatic nitrogens is 1. The number of hydrogen-bond donors (Lipinski definition) is 1. The van der Waals surface area contributed by atoms with E-state index in [1.165, 1.54) is 65.6 Å². The Labute approximate surface area is 269 Å². The number of aliphatic hydroxyl groups excluding tert-OH is 1. The van der Waals surface area contributed by atoms with Gasteiger partial charge in [0.2, 0.25) is 0 Å². The number of aliphatic hydroxyl groups is 1. The summed E-state index contributed by atoms with van der Waals surface area (Å²) < 4.78 is 0. The van der Waals surface area contributed by atoms with E-state index < -0.39 is 0 Å². The van der Waals surface area contributed by atoms with Gasteiger partial charge < -0.3 is 10.1 Å². The second kappa shape index (κ2) is 15.4. The normalized spacial score (nSPS) is 15.4. The quantitative estimate of drug-likeness (QED) is 0.142. The SMILES string of the molecule is CCC(C)(C)C(=O)/C=C(\O)C(C)(C)CC.Cc1[c-]c(-c2nccc3cc(C(C)C4CCCCC4)ccc23)cc(C)c1.[Ir]. The third-order valence-electron chi connectivity index (χ3n) is 9.47. The molecule has 1 heterocycles. The molecule has 231 valence electrons. The Morgan fingerprint density at radius 2 is 1.64 bits per heavy atom. The van der Waals surface area contributed by atoms with E-state index in [1.54, 1.807) is 0 Å². The van der Waals surface area contributed by atoms with Crippen molar-refractivity contribution in [2.24, 2.45) is 16.7 Å². The van der Waals surface area contributed by atoms with Crippen LogP contribution < -0.4 is 0 Å². The molecule has 1 aliphatic carbocycles. The number of nitrogens with zero attached hydrogens (tertiary/aromatic N) is 1. The van der Waals surface area contributed by atoms with Crippen molar-refractivity contribution in [1.82, 2.24) is 4.98 Å². The molecule has 1 fully saturated rings. The smallest absolute Gasteiger partial charge is 0.164 e. The molecule has 1 aromatic heterocycles. The van der Waals surface area contributed by atoms with Gasteiger partial charge in [-0.15, -0.1) is 34.9 Å². The Morgan fingerprint density at radius 3 is 2.24 bits per heavy atom. The van der Waals surface area contributed by atoms with E-state index in [1.807, 2.05) is 47.7 Å². The van der Waals surface area contributed by atoms with Gasteiger partial charge in [-0.05, 0) is 65.6 Å². The summed E-state index contributed by atoms with van der Waals surface area (Å²) >= 11 is 0. The molecule has 0 spiro atoms. The average molecular weight is 747 g/mol. The number of hydrogen-bond acceptors (Lipinski definition) is 3. The van der Waals surface area contributed by atoms with Gasteiger partial charge in [0.05, 0.1) is 0 Å². The maximum Gasteiger partial charge on any atom is 0.164 e. The summed E-state index contributed by atoms with van der Waals surface area (Å²) in [4.78, 5) is 16.5. The molecule has 0 saturated heterocycles. The number of allylic oxidation sites excluding steroid dienone is 2. The number of carbonyl (C=O) groups excluding carboxylic acids is 1. The minimum Gasteiger partial charge on any atom is -0.512 e. The van der Waals surface area contributed by atoms with Crippen LogP contribution >= 0.6 is 0 Å². The van der Waals surface area contributed by atoms with Crippen LogP contribution in [0.15, 0.2) is 54.4 Å². The second-order valence-corrected chi connectivity index (χ2v) is 13.4. The molecule has 0 bridgehead atoms. The molecule has 1 unspecified atom stereocenters. The molecule has 3 nitrogen and oxygen atoms in total. The Kier molecular flexibility index (Phi) is 13.2. The molecule has 2 aromatic carbocycles. The van der Waals surface area contributed by atoms with Crippen molar-refractivity contribution < 1.29 is 30.0 Å². The molecule has 1 N–H and O–H groups in total. The summed E-state index contributed by atoms with van der Waals surface area (Å²) in [5.41, 5.74) is 5.37. The van der Waals surface area contributed by atoms with Crippen LogP contribution in [0.1, 0.15) is 116 Å². The van der Waals surface area contributed by atoms with Gasteiger partial charge in [0.15, 0.2) is 5.78 Å². The molecule has 4 heteroatoms. The fourth-order valence-corrected chi connectivity index (χ4v) is 5.49. The molecule has 0 aliphatic heterocycles. The van der Waals surface area contributed by atoms with Gasteiger partial charge >= 0.3 is 0 Å². The molecule has 42 heavy (non-hydrogen) atoms. The molecule has 1 radical (unpaired) electrons. The number of rotatable bonds is 8. The molecular formula is C38H52IrNO2-. The Morgan fingerprint density at radius 1 is 1.00 bits per heavy atom. The summed E-state index contributed by atoms with van der Waals surface area (Å²) in [5.74, 6) is 1.68. The van der Waals surface area contributed by atoms with Gasteiger partial charge in [0.1, 0.15) is 5.76 Å². The van der Waals surface area contributed by atoms with Crippen molar-refractivity contribution in [3.8, 4) is 11.3 Å². The van der Waals surface area contributed by atoms with Crippen LogP contribution in [0.25, 0.3) is 22.0 Å². The van der Waals surface area contributed by atoms with Crippen molar-refractivity contribution in [3.05, 3.63) is 77.2 Å². The summed E-state index contributed by atoms with van der Waals surface area (Å²) in [5, 5.41) is 12.4. The van der Waals surface area contributed by atoms with Crippen molar-refractivity contribution in [2.75, 3.05) is 0 Å². The zero-order chi connectivity index (χ0) is 30.4. The zero-order valence-corrected chi connectivity index (χ0v) is 29.8. The van der Waals surface area contributed by atoms with E-state index in [0.29, 0.717) is 5.92 Å². The predicted molar refractivity (Wildman–Crippen MR) is 174 cm³/mol. The summed E-state index contributed by atoms with van der Waals surface area (Å²) in [6, 6.07) is 17.0. The summed E-state index contributed by atoms with van der Waals surface area (Å²) in [6.45, 7) is 18.3. The zero-order valence-electron chi connectivity index (χ0n) is 27.4. The van der Waals surface area contributed by atoms with Gasteiger partial charge in [0.25, 0.3) is 0 Å². The van der Waals surface area contributed by atoms with E-state index in [2.05, 4.69) is 63.2 Å². The van der Waals surface area contributed by atoms with Crippen LogP contribution in [0.2, 0.25) is 0 Å². The maximum absolute atomic E-state index is 11.8. The molecule has 1 atom stereocenters. The monoisotopic (exact) mass is 747 g/mol.